The molecule has 6 heteroatoms. The molecule has 0 aromatic carbocycles. The SMILES string of the molecule is C=CCOC(=O)CCC(=O)O.[H-].[H-].[Na+].[Na+]. The van der Waals surface area contributed by atoms with Gasteiger partial charge >= 0.3 is 71.1 Å². The van der Waals surface area contributed by atoms with Crippen LogP contribution >= 0.6 is 0 Å². The maximum Gasteiger partial charge on any atom is 1.00 e. The smallest absolute Gasteiger partial charge is 1.00 e. The largest absolute Gasteiger partial charge is 1.00 e. The predicted molar refractivity (Wildman–Crippen MR) is 40.2 cm³/mol. The van der Waals surface area contributed by atoms with E-state index in [0.29, 0.717) is 0 Å². The zero-order valence-electron chi connectivity index (χ0n) is 10.1. The Bertz CT molecular complexity index is 178. The summed E-state index contributed by atoms with van der Waals surface area (Å²) in [6.07, 6.45) is 1.16. The molecule has 0 rings (SSSR count). The summed E-state index contributed by atoms with van der Waals surface area (Å²) in [5.74, 6) is -1.51. The van der Waals surface area contributed by atoms with E-state index in [4.69, 9.17) is 5.11 Å². The quantitative estimate of drug-likeness (QED) is 0.277. The van der Waals surface area contributed by atoms with Gasteiger partial charge in [0.15, 0.2) is 0 Å². The van der Waals surface area contributed by atoms with Gasteiger partial charge in [-0.05, 0) is 0 Å². The fourth-order valence-electron chi connectivity index (χ4n) is 0.433. The average Bonchev–Trinajstić information content (AvgIpc) is 1.97. The van der Waals surface area contributed by atoms with Crippen LogP contribution in [0.25, 0.3) is 0 Å². The number of rotatable bonds is 5. The maximum atomic E-state index is 10.6. The van der Waals surface area contributed by atoms with Crippen molar-refractivity contribution in [3.05, 3.63) is 12.7 Å². The van der Waals surface area contributed by atoms with Crippen LogP contribution in [0.1, 0.15) is 15.7 Å². The number of carboxylic acid groups (broad SMARTS) is 1. The van der Waals surface area contributed by atoms with Gasteiger partial charge in [0.25, 0.3) is 0 Å². The van der Waals surface area contributed by atoms with E-state index in [1.165, 1.54) is 6.08 Å². The van der Waals surface area contributed by atoms with Crippen molar-refractivity contribution in [3.63, 3.8) is 0 Å². The van der Waals surface area contributed by atoms with Gasteiger partial charge in [0.05, 0.1) is 12.8 Å². The molecule has 0 saturated heterocycles. The number of esters is 1. The van der Waals surface area contributed by atoms with Crippen molar-refractivity contribution in [3.8, 4) is 0 Å². The van der Waals surface area contributed by atoms with Crippen LogP contribution < -0.4 is 59.1 Å². The van der Waals surface area contributed by atoms with E-state index < -0.39 is 11.9 Å². The fraction of sp³-hybridized carbons (Fsp3) is 0.429. The molecule has 0 aliphatic carbocycles. The molecule has 0 amide bonds. The van der Waals surface area contributed by atoms with E-state index in [2.05, 4.69) is 11.3 Å². The molecule has 66 valence electrons. The number of carboxylic acids is 1. The Kier molecular flexibility index (Phi) is 18.8. The van der Waals surface area contributed by atoms with Gasteiger partial charge < -0.3 is 12.7 Å². The minimum absolute atomic E-state index is 0. The summed E-state index contributed by atoms with van der Waals surface area (Å²) < 4.78 is 4.52. The zero-order chi connectivity index (χ0) is 8.69. The van der Waals surface area contributed by atoms with Crippen LogP contribution in [0, 0.1) is 0 Å². The van der Waals surface area contributed by atoms with Crippen LogP contribution in [0.5, 0.6) is 0 Å². The number of aliphatic carboxylic acids is 1. The summed E-state index contributed by atoms with van der Waals surface area (Å²) in [4.78, 5) is 20.5. The normalized spacial score (nSPS) is 7.38. The summed E-state index contributed by atoms with van der Waals surface area (Å²) in [6.45, 7) is 3.47. The zero-order valence-corrected chi connectivity index (χ0v) is 12.1. The van der Waals surface area contributed by atoms with Gasteiger partial charge in [-0.15, -0.1) is 0 Å². The second kappa shape index (κ2) is 12.7. The second-order valence-electron chi connectivity index (χ2n) is 1.87. The van der Waals surface area contributed by atoms with E-state index >= 15 is 0 Å². The molecule has 0 bridgehead atoms. The number of carbonyl (C=O) groups excluding carboxylic acids is 1. The summed E-state index contributed by atoms with van der Waals surface area (Å²) in [5.41, 5.74) is 0. The van der Waals surface area contributed by atoms with Crippen molar-refractivity contribution in [1.82, 2.24) is 0 Å². The molecular formula is C7H12Na2O4. The van der Waals surface area contributed by atoms with Gasteiger partial charge in [0, 0.05) is 0 Å². The topological polar surface area (TPSA) is 63.6 Å². The van der Waals surface area contributed by atoms with Gasteiger partial charge in [0.1, 0.15) is 6.61 Å². The molecule has 0 aliphatic heterocycles. The molecule has 4 nitrogen and oxygen atoms in total. The molecule has 0 atom stereocenters. The minimum atomic E-state index is -0.999. The number of hydrogen-bond acceptors (Lipinski definition) is 3. The van der Waals surface area contributed by atoms with Crippen molar-refractivity contribution < 1.29 is 81.4 Å². The summed E-state index contributed by atoms with van der Waals surface area (Å²) >= 11 is 0. The molecule has 0 heterocycles. The van der Waals surface area contributed by atoms with Gasteiger partial charge in [-0.3, -0.25) is 9.59 Å². The Balaban J connectivity index is -0.0000000833. The predicted octanol–water partition coefficient (Wildman–Crippen LogP) is -5.19. The van der Waals surface area contributed by atoms with Gasteiger partial charge in [-0.2, -0.15) is 0 Å². The minimum Gasteiger partial charge on any atom is -1.00 e. The molecule has 0 aliphatic rings. The monoisotopic (exact) mass is 206 g/mol. The fourth-order valence-corrected chi connectivity index (χ4v) is 0.433. The average molecular weight is 206 g/mol. The van der Waals surface area contributed by atoms with Crippen LogP contribution in [0.4, 0.5) is 0 Å². The Morgan fingerprint density at radius 3 is 2.31 bits per heavy atom. The van der Waals surface area contributed by atoms with E-state index in [1.54, 1.807) is 0 Å². The molecular weight excluding hydrogens is 194 g/mol. The summed E-state index contributed by atoms with van der Waals surface area (Å²) in [5, 5.41) is 8.16. The van der Waals surface area contributed by atoms with E-state index in [0.717, 1.165) is 0 Å². The van der Waals surface area contributed by atoms with Crippen molar-refractivity contribution in [2.45, 2.75) is 12.8 Å². The van der Waals surface area contributed by atoms with Crippen LogP contribution in [0.2, 0.25) is 0 Å². The third-order valence-electron chi connectivity index (χ3n) is 0.905. The molecule has 0 unspecified atom stereocenters. The van der Waals surface area contributed by atoms with Crippen LogP contribution in [0.3, 0.4) is 0 Å². The Morgan fingerprint density at radius 2 is 1.92 bits per heavy atom. The first kappa shape index (κ1) is 19.3. The molecule has 0 aromatic rings. The van der Waals surface area contributed by atoms with Crippen LogP contribution in [0.15, 0.2) is 12.7 Å². The first-order valence-electron chi connectivity index (χ1n) is 3.15. The molecule has 0 fully saturated rings. The molecule has 1 N–H and O–H groups in total. The van der Waals surface area contributed by atoms with Gasteiger partial charge in [0.2, 0.25) is 0 Å². The summed E-state index contributed by atoms with van der Waals surface area (Å²) in [7, 11) is 0. The molecule has 13 heavy (non-hydrogen) atoms. The summed E-state index contributed by atoms with van der Waals surface area (Å²) in [6, 6.07) is 0. The van der Waals surface area contributed by atoms with Crippen molar-refractivity contribution in [1.29, 1.82) is 0 Å². The Morgan fingerprint density at radius 1 is 1.38 bits per heavy atom. The number of ether oxygens (including phenoxy) is 1. The molecule has 0 saturated carbocycles. The van der Waals surface area contributed by atoms with E-state index in [9.17, 15) is 9.59 Å². The maximum absolute atomic E-state index is 10.6. The third kappa shape index (κ3) is 15.4. The third-order valence-corrected chi connectivity index (χ3v) is 0.905. The van der Waals surface area contributed by atoms with Crippen molar-refractivity contribution in [2.24, 2.45) is 0 Å². The van der Waals surface area contributed by atoms with Gasteiger partial charge in [-0.25, -0.2) is 0 Å². The van der Waals surface area contributed by atoms with Crippen LogP contribution in [-0.2, 0) is 14.3 Å². The van der Waals surface area contributed by atoms with Crippen molar-refractivity contribution >= 4 is 11.9 Å². The molecule has 0 radical (unpaired) electrons. The van der Waals surface area contributed by atoms with E-state index in [1.807, 2.05) is 0 Å². The first-order valence-corrected chi connectivity index (χ1v) is 3.15. The Labute approximate surface area is 124 Å². The van der Waals surface area contributed by atoms with E-state index in [-0.39, 0.29) is 81.4 Å². The molecule has 0 spiro atoms. The Hall–Kier alpha value is 0.680. The standard InChI is InChI=1S/C7H10O4.2Na.2H/c1-2-5-11-7(10)4-3-6(8)9;;;;/h2H,1,3-5H2,(H,8,9);;;;/q;2*+1;2*-1. The number of hydrogen-bond donors (Lipinski definition) is 1. The van der Waals surface area contributed by atoms with Crippen molar-refractivity contribution in [2.75, 3.05) is 6.61 Å². The first-order chi connectivity index (χ1) is 5.16. The van der Waals surface area contributed by atoms with Gasteiger partial charge in [-0.1, -0.05) is 12.7 Å². The number of carbonyl (C=O) groups is 2. The van der Waals surface area contributed by atoms with Crippen LogP contribution in [-0.4, -0.2) is 23.7 Å². The second-order valence-corrected chi connectivity index (χ2v) is 1.87. The molecule has 0 aromatic heterocycles.